The van der Waals surface area contributed by atoms with E-state index in [-0.39, 0.29) is 5.91 Å². The van der Waals surface area contributed by atoms with Crippen LogP contribution in [0.1, 0.15) is 48.2 Å². The summed E-state index contributed by atoms with van der Waals surface area (Å²) < 4.78 is 0. The molecular formula is C17H26N2O. The number of piperazine rings is 1. The molecule has 1 aliphatic rings. The van der Waals surface area contributed by atoms with Crippen LogP contribution in [0.15, 0.2) is 18.2 Å². The number of carbonyl (C=O) groups excluding carboxylic acids is 1. The van der Waals surface area contributed by atoms with Crippen molar-refractivity contribution in [1.29, 1.82) is 0 Å². The zero-order valence-electron chi connectivity index (χ0n) is 13.1. The Labute approximate surface area is 122 Å². The molecular weight excluding hydrogens is 248 g/mol. The number of hydrogen-bond donors (Lipinski definition) is 1. The van der Waals surface area contributed by atoms with Gasteiger partial charge in [-0.2, -0.15) is 0 Å². The standard InChI is InChI=1S/C17H26N2O/c1-5-14-11-19(15(6-2)10-18-14)17(20)16-9-7-8-12(3)13(16)4/h7-9,14-15,18H,5-6,10-11H2,1-4H3. The summed E-state index contributed by atoms with van der Waals surface area (Å²) in [4.78, 5) is 15.0. The number of rotatable bonds is 3. The van der Waals surface area contributed by atoms with Gasteiger partial charge in [0, 0.05) is 30.7 Å². The Morgan fingerprint density at radius 1 is 1.30 bits per heavy atom. The Hall–Kier alpha value is -1.35. The molecule has 0 aromatic heterocycles. The van der Waals surface area contributed by atoms with E-state index in [0.29, 0.717) is 12.1 Å². The lowest BCUT2D eigenvalue weighted by atomic mass is 9.99. The Morgan fingerprint density at radius 3 is 2.70 bits per heavy atom. The first-order valence-corrected chi connectivity index (χ1v) is 7.69. The maximum Gasteiger partial charge on any atom is 0.254 e. The minimum atomic E-state index is 0.193. The van der Waals surface area contributed by atoms with Gasteiger partial charge in [-0.1, -0.05) is 26.0 Å². The average molecular weight is 274 g/mol. The Kier molecular flexibility index (Phi) is 4.81. The largest absolute Gasteiger partial charge is 0.333 e. The van der Waals surface area contributed by atoms with Crippen LogP contribution in [0.2, 0.25) is 0 Å². The molecule has 1 aliphatic heterocycles. The molecule has 1 N–H and O–H groups in total. The zero-order valence-corrected chi connectivity index (χ0v) is 13.1. The highest BCUT2D eigenvalue weighted by molar-refractivity contribution is 5.96. The molecule has 3 nitrogen and oxygen atoms in total. The second-order valence-corrected chi connectivity index (χ2v) is 5.78. The van der Waals surface area contributed by atoms with E-state index in [1.807, 2.05) is 19.1 Å². The minimum absolute atomic E-state index is 0.193. The SMILES string of the molecule is CCC1CN(C(=O)c2cccc(C)c2C)C(CC)CN1. The first-order chi connectivity index (χ1) is 9.58. The third-order valence-corrected chi connectivity index (χ3v) is 4.56. The van der Waals surface area contributed by atoms with Crippen LogP contribution in [0.3, 0.4) is 0 Å². The van der Waals surface area contributed by atoms with Crippen LogP contribution in [0.4, 0.5) is 0 Å². The maximum atomic E-state index is 12.9. The van der Waals surface area contributed by atoms with Crippen LogP contribution in [0, 0.1) is 13.8 Å². The van der Waals surface area contributed by atoms with Crippen LogP contribution in [-0.2, 0) is 0 Å². The van der Waals surface area contributed by atoms with E-state index in [1.54, 1.807) is 0 Å². The van der Waals surface area contributed by atoms with Crippen LogP contribution in [-0.4, -0.2) is 36.0 Å². The van der Waals surface area contributed by atoms with Gasteiger partial charge in [-0.15, -0.1) is 0 Å². The topological polar surface area (TPSA) is 32.3 Å². The van der Waals surface area contributed by atoms with Gasteiger partial charge < -0.3 is 10.2 Å². The predicted octanol–water partition coefficient (Wildman–Crippen LogP) is 2.91. The van der Waals surface area contributed by atoms with Crippen LogP contribution in [0.5, 0.6) is 0 Å². The number of aryl methyl sites for hydroxylation is 1. The minimum Gasteiger partial charge on any atom is -0.333 e. The molecule has 0 radical (unpaired) electrons. The lowest BCUT2D eigenvalue weighted by Crippen LogP contribution is -2.58. The van der Waals surface area contributed by atoms with Crippen molar-refractivity contribution in [2.24, 2.45) is 0 Å². The third kappa shape index (κ3) is 2.88. The van der Waals surface area contributed by atoms with Crippen molar-refractivity contribution < 1.29 is 4.79 Å². The van der Waals surface area contributed by atoms with Gasteiger partial charge in [0.1, 0.15) is 0 Å². The molecule has 20 heavy (non-hydrogen) atoms. The fourth-order valence-electron chi connectivity index (χ4n) is 2.89. The van der Waals surface area contributed by atoms with Gasteiger partial charge in [0.05, 0.1) is 0 Å². The van der Waals surface area contributed by atoms with Gasteiger partial charge in [-0.3, -0.25) is 4.79 Å². The van der Waals surface area contributed by atoms with Crippen molar-refractivity contribution in [3.8, 4) is 0 Å². The molecule has 110 valence electrons. The van der Waals surface area contributed by atoms with Crippen LogP contribution in [0.25, 0.3) is 0 Å². The highest BCUT2D eigenvalue weighted by atomic mass is 16.2. The second kappa shape index (κ2) is 6.40. The molecule has 2 unspecified atom stereocenters. The van der Waals surface area contributed by atoms with E-state index in [4.69, 9.17) is 0 Å². The van der Waals surface area contributed by atoms with Crippen molar-refractivity contribution in [2.75, 3.05) is 13.1 Å². The van der Waals surface area contributed by atoms with Gasteiger partial charge in [-0.05, 0) is 43.9 Å². The van der Waals surface area contributed by atoms with Crippen LogP contribution < -0.4 is 5.32 Å². The lowest BCUT2D eigenvalue weighted by molar-refractivity contribution is 0.0575. The Bertz CT molecular complexity index is 484. The van der Waals surface area contributed by atoms with E-state index in [2.05, 4.69) is 37.1 Å². The van der Waals surface area contributed by atoms with Gasteiger partial charge >= 0.3 is 0 Å². The summed E-state index contributed by atoms with van der Waals surface area (Å²) in [5.74, 6) is 0.193. The summed E-state index contributed by atoms with van der Waals surface area (Å²) in [7, 11) is 0. The molecule has 1 aromatic rings. The Morgan fingerprint density at radius 2 is 2.05 bits per heavy atom. The fourth-order valence-corrected chi connectivity index (χ4v) is 2.89. The van der Waals surface area contributed by atoms with Gasteiger partial charge in [0.15, 0.2) is 0 Å². The number of nitrogens with zero attached hydrogens (tertiary/aromatic N) is 1. The second-order valence-electron chi connectivity index (χ2n) is 5.78. The van der Waals surface area contributed by atoms with Gasteiger partial charge in [0.25, 0.3) is 5.91 Å². The summed E-state index contributed by atoms with van der Waals surface area (Å²) in [6, 6.07) is 6.74. The molecule has 0 bridgehead atoms. The van der Waals surface area contributed by atoms with E-state index in [9.17, 15) is 4.79 Å². The normalized spacial score (nSPS) is 22.9. The van der Waals surface area contributed by atoms with Gasteiger partial charge in [0.2, 0.25) is 0 Å². The molecule has 1 aromatic carbocycles. The highest BCUT2D eigenvalue weighted by Gasteiger charge is 2.30. The molecule has 2 atom stereocenters. The molecule has 3 heteroatoms. The highest BCUT2D eigenvalue weighted by Crippen LogP contribution is 2.20. The van der Waals surface area contributed by atoms with Crippen molar-refractivity contribution in [1.82, 2.24) is 10.2 Å². The summed E-state index contributed by atoms with van der Waals surface area (Å²) in [6.45, 7) is 10.2. The molecule has 0 spiro atoms. The zero-order chi connectivity index (χ0) is 14.7. The van der Waals surface area contributed by atoms with Crippen molar-refractivity contribution in [2.45, 2.75) is 52.6 Å². The van der Waals surface area contributed by atoms with E-state index in [1.165, 1.54) is 5.56 Å². The summed E-state index contributed by atoms with van der Waals surface area (Å²) >= 11 is 0. The van der Waals surface area contributed by atoms with E-state index >= 15 is 0 Å². The molecule has 2 rings (SSSR count). The molecule has 1 amide bonds. The Balaban J connectivity index is 2.27. The molecule has 1 fully saturated rings. The molecule has 1 heterocycles. The molecule has 0 aliphatic carbocycles. The van der Waals surface area contributed by atoms with E-state index in [0.717, 1.165) is 37.1 Å². The lowest BCUT2D eigenvalue weighted by Gasteiger charge is -2.40. The number of benzene rings is 1. The smallest absolute Gasteiger partial charge is 0.254 e. The van der Waals surface area contributed by atoms with E-state index < -0.39 is 0 Å². The third-order valence-electron chi connectivity index (χ3n) is 4.56. The van der Waals surface area contributed by atoms with Crippen molar-refractivity contribution >= 4 is 5.91 Å². The molecule has 0 saturated carbocycles. The van der Waals surface area contributed by atoms with Gasteiger partial charge in [-0.25, -0.2) is 0 Å². The van der Waals surface area contributed by atoms with Crippen molar-refractivity contribution in [3.63, 3.8) is 0 Å². The fraction of sp³-hybridized carbons (Fsp3) is 0.588. The average Bonchev–Trinajstić information content (AvgIpc) is 2.48. The summed E-state index contributed by atoms with van der Waals surface area (Å²) in [5.41, 5.74) is 3.16. The summed E-state index contributed by atoms with van der Waals surface area (Å²) in [6.07, 6.45) is 2.06. The number of amides is 1. The maximum absolute atomic E-state index is 12.9. The molecule has 1 saturated heterocycles. The van der Waals surface area contributed by atoms with Crippen LogP contribution >= 0.6 is 0 Å². The summed E-state index contributed by atoms with van der Waals surface area (Å²) in [5, 5.41) is 3.54. The number of nitrogens with one attached hydrogen (secondary N) is 1. The first-order valence-electron chi connectivity index (χ1n) is 7.69. The number of carbonyl (C=O) groups is 1. The van der Waals surface area contributed by atoms with Crippen molar-refractivity contribution in [3.05, 3.63) is 34.9 Å². The predicted molar refractivity (Wildman–Crippen MR) is 83.1 cm³/mol. The monoisotopic (exact) mass is 274 g/mol. The first kappa shape index (κ1) is 15.0. The quantitative estimate of drug-likeness (QED) is 0.919. The number of hydrogen-bond acceptors (Lipinski definition) is 2.